The molecular formula is C30H24N2O6. The molecule has 0 spiro atoms. The van der Waals surface area contributed by atoms with Crippen molar-refractivity contribution in [3.8, 4) is 22.3 Å². The van der Waals surface area contributed by atoms with Gasteiger partial charge in [0.15, 0.2) is 0 Å². The number of ether oxygens (including phenoxy) is 1. The molecule has 38 heavy (non-hydrogen) atoms. The summed E-state index contributed by atoms with van der Waals surface area (Å²) in [6.45, 7) is 0.0874. The van der Waals surface area contributed by atoms with Gasteiger partial charge in [-0.15, -0.1) is 0 Å². The van der Waals surface area contributed by atoms with Crippen molar-refractivity contribution < 1.29 is 24.4 Å². The van der Waals surface area contributed by atoms with Crippen LogP contribution in [0.2, 0.25) is 0 Å². The smallest absolute Gasteiger partial charge is 0.407 e. The molecule has 5 rings (SSSR count). The van der Waals surface area contributed by atoms with Crippen LogP contribution in [0.4, 0.5) is 10.5 Å². The standard InChI is InChI=1S/C30H24N2O6/c33-29(34)28(16-19-12-14-20(15-13-19)21-6-5-7-22(17-21)32(36)37)31-30(35)38-18-27-25-10-3-1-8-23(25)24-9-2-4-11-26(24)27/h1-15,17,27-28H,16,18H2,(H,31,35)(H,33,34)/t28-/m0/s1. The van der Waals surface area contributed by atoms with Gasteiger partial charge in [0.25, 0.3) is 5.69 Å². The summed E-state index contributed by atoms with van der Waals surface area (Å²) in [7, 11) is 0. The number of fused-ring (bicyclic) bond motifs is 3. The van der Waals surface area contributed by atoms with Gasteiger partial charge in [-0.1, -0.05) is 84.9 Å². The maximum Gasteiger partial charge on any atom is 0.407 e. The molecule has 0 radical (unpaired) electrons. The lowest BCUT2D eigenvalue weighted by Gasteiger charge is -2.17. The van der Waals surface area contributed by atoms with Gasteiger partial charge in [0.2, 0.25) is 0 Å². The lowest BCUT2D eigenvalue weighted by molar-refractivity contribution is -0.384. The predicted molar refractivity (Wildman–Crippen MR) is 142 cm³/mol. The molecule has 1 atom stereocenters. The third kappa shape index (κ3) is 5.10. The van der Waals surface area contributed by atoms with Crippen molar-refractivity contribution in [2.45, 2.75) is 18.4 Å². The molecule has 1 aliphatic rings. The number of carbonyl (C=O) groups excluding carboxylic acids is 1. The minimum Gasteiger partial charge on any atom is -0.480 e. The predicted octanol–water partition coefficient (Wildman–Crippen LogP) is 5.80. The van der Waals surface area contributed by atoms with Crippen molar-refractivity contribution >= 4 is 17.7 Å². The number of non-ortho nitro benzene ring substituents is 1. The fraction of sp³-hybridized carbons (Fsp3) is 0.133. The van der Waals surface area contributed by atoms with Crippen LogP contribution in [0.15, 0.2) is 97.1 Å². The minimum atomic E-state index is -1.19. The highest BCUT2D eigenvalue weighted by Crippen LogP contribution is 2.44. The number of carboxylic acid groups (broad SMARTS) is 1. The molecule has 1 aliphatic carbocycles. The van der Waals surface area contributed by atoms with Crippen molar-refractivity contribution in [3.05, 3.63) is 124 Å². The van der Waals surface area contributed by atoms with Crippen LogP contribution >= 0.6 is 0 Å². The van der Waals surface area contributed by atoms with Crippen molar-refractivity contribution in [2.24, 2.45) is 0 Å². The number of nitrogens with one attached hydrogen (secondary N) is 1. The number of rotatable bonds is 8. The molecule has 4 aromatic carbocycles. The number of nitro groups is 1. The monoisotopic (exact) mass is 508 g/mol. The Morgan fingerprint density at radius 1 is 0.868 bits per heavy atom. The Balaban J connectivity index is 1.23. The van der Waals surface area contributed by atoms with E-state index in [1.54, 1.807) is 36.4 Å². The Labute approximate surface area is 218 Å². The first kappa shape index (κ1) is 24.7. The number of carbonyl (C=O) groups is 2. The van der Waals surface area contributed by atoms with E-state index >= 15 is 0 Å². The third-order valence-corrected chi connectivity index (χ3v) is 6.72. The summed E-state index contributed by atoms with van der Waals surface area (Å²) in [6, 6.07) is 28.0. The summed E-state index contributed by atoms with van der Waals surface area (Å²) in [6.07, 6.45) is -0.748. The number of hydrogen-bond donors (Lipinski definition) is 2. The summed E-state index contributed by atoms with van der Waals surface area (Å²) in [5.41, 5.74) is 6.46. The largest absolute Gasteiger partial charge is 0.480 e. The molecule has 0 heterocycles. The van der Waals surface area contributed by atoms with E-state index in [1.165, 1.54) is 12.1 Å². The van der Waals surface area contributed by atoms with Crippen LogP contribution in [0.3, 0.4) is 0 Å². The van der Waals surface area contributed by atoms with E-state index in [2.05, 4.69) is 5.32 Å². The van der Waals surface area contributed by atoms with Gasteiger partial charge in [0.1, 0.15) is 12.6 Å². The molecule has 0 saturated heterocycles. The summed E-state index contributed by atoms with van der Waals surface area (Å²) in [5.74, 6) is -1.31. The normalized spacial score (nSPS) is 12.7. The fourth-order valence-electron chi connectivity index (χ4n) is 4.85. The molecule has 0 saturated carbocycles. The van der Waals surface area contributed by atoms with Gasteiger partial charge < -0.3 is 15.2 Å². The van der Waals surface area contributed by atoms with Crippen LogP contribution in [0.25, 0.3) is 22.3 Å². The molecule has 8 heteroatoms. The Morgan fingerprint density at radius 2 is 1.50 bits per heavy atom. The Bertz CT molecular complexity index is 1470. The third-order valence-electron chi connectivity index (χ3n) is 6.72. The maximum absolute atomic E-state index is 12.6. The van der Waals surface area contributed by atoms with Gasteiger partial charge in [-0.3, -0.25) is 10.1 Å². The first-order valence-corrected chi connectivity index (χ1v) is 12.1. The number of nitrogens with zero attached hydrogens (tertiary/aromatic N) is 1. The van der Waals surface area contributed by atoms with E-state index in [1.807, 2.05) is 48.5 Å². The topological polar surface area (TPSA) is 119 Å². The zero-order chi connectivity index (χ0) is 26.6. The number of carboxylic acids is 1. The lowest BCUT2D eigenvalue weighted by atomic mass is 9.98. The first-order valence-electron chi connectivity index (χ1n) is 12.1. The number of hydrogen-bond acceptors (Lipinski definition) is 5. The quantitative estimate of drug-likeness (QED) is 0.229. The first-order chi connectivity index (χ1) is 18.4. The van der Waals surface area contributed by atoms with Crippen LogP contribution in [0, 0.1) is 10.1 Å². The SMILES string of the molecule is O=C(N[C@@H](Cc1ccc(-c2cccc([N+](=O)[O-])c2)cc1)C(=O)O)OCC1c2ccccc2-c2ccccc21. The van der Waals surface area contributed by atoms with Crippen LogP contribution in [0.1, 0.15) is 22.6 Å². The summed E-state index contributed by atoms with van der Waals surface area (Å²) in [5, 5.41) is 23.2. The Morgan fingerprint density at radius 3 is 2.11 bits per heavy atom. The molecule has 1 amide bonds. The number of nitro benzene ring substituents is 1. The van der Waals surface area contributed by atoms with Crippen molar-refractivity contribution in [1.82, 2.24) is 5.32 Å². The second-order valence-corrected chi connectivity index (χ2v) is 9.07. The van der Waals surface area contributed by atoms with Crippen LogP contribution in [-0.2, 0) is 16.0 Å². The van der Waals surface area contributed by atoms with Crippen molar-refractivity contribution in [3.63, 3.8) is 0 Å². The highest BCUT2D eigenvalue weighted by atomic mass is 16.6. The van der Waals surface area contributed by atoms with E-state index < -0.39 is 23.0 Å². The van der Waals surface area contributed by atoms with E-state index in [0.717, 1.165) is 27.8 Å². The summed E-state index contributed by atoms with van der Waals surface area (Å²) < 4.78 is 5.50. The molecular weight excluding hydrogens is 484 g/mol. The Hall–Kier alpha value is -4.98. The summed E-state index contributed by atoms with van der Waals surface area (Å²) in [4.78, 5) is 35.1. The van der Waals surface area contributed by atoms with Gasteiger partial charge in [0.05, 0.1) is 4.92 Å². The minimum absolute atomic E-state index is 0.00943. The molecule has 0 aromatic heterocycles. The Kier molecular flexibility index (Phi) is 6.86. The van der Waals surface area contributed by atoms with Crippen LogP contribution in [-0.4, -0.2) is 34.7 Å². The van der Waals surface area contributed by atoms with E-state index in [-0.39, 0.29) is 24.6 Å². The fourth-order valence-corrected chi connectivity index (χ4v) is 4.85. The van der Waals surface area contributed by atoms with Crippen molar-refractivity contribution in [1.29, 1.82) is 0 Å². The molecule has 0 bridgehead atoms. The zero-order valence-corrected chi connectivity index (χ0v) is 20.2. The van der Waals surface area contributed by atoms with Gasteiger partial charge in [-0.2, -0.15) is 0 Å². The van der Waals surface area contributed by atoms with Gasteiger partial charge >= 0.3 is 12.1 Å². The highest BCUT2D eigenvalue weighted by molar-refractivity contribution is 5.81. The van der Waals surface area contributed by atoms with Gasteiger partial charge in [-0.25, -0.2) is 9.59 Å². The molecule has 0 unspecified atom stereocenters. The average Bonchev–Trinajstić information content (AvgIpc) is 3.25. The number of benzene rings is 4. The molecule has 0 aliphatic heterocycles. The van der Waals surface area contributed by atoms with Gasteiger partial charge in [-0.05, 0) is 38.9 Å². The van der Waals surface area contributed by atoms with Crippen molar-refractivity contribution in [2.75, 3.05) is 6.61 Å². The second kappa shape index (κ2) is 10.6. The second-order valence-electron chi connectivity index (χ2n) is 9.07. The van der Waals surface area contributed by atoms with Crippen LogP contribution < -0.4 is 5.32 Å². The zero-order valence-electron chi connectivity index (χ0n) is 20.2. The van der Waals surface area contributed by atoms with Gasteiger partial charge in [0, 0.05) is 24.5 Å². The highest BCUT2D eigenvalue weighted by Gasteiger charge is 2.29. The molecule has 4 aromatic rings. The van der Waals surface area contributed by atoms with E-state index in [4.69, 9.17) is 4.74 Å². The summed E-state index contributed by atoms with van der Waals surface area (Å²) >= 11 is 0. The number of amides is 1. The number of alkyl carbamates (subject to hydrolysis) is 1. The molecule has 2 N–H and O–H groups in total. The number of aliphatic carboxylic acids is 1. The maximum atomic E-state index is 12.6. The molecule has 190 valence electrons. The van der Waals surface area contributed by atoms with E-state index in [0.29, 0.717) is 11.1 Å². The molecule has 0 fully saturated rings. The average molecular weight is 509 g/mol. The van der Waals surface area contributed by atoms with E-state index in [9.17, 15) is 24.8 Å². The molecule has 8 nitrogen and oxygen atoms in total. The van der Waals surface area contributed by atoms with Crippen LogP contribution in [0.5, 0.6) is 0 Å². The lowest BCUT2D eigenvalue weighted by Crippen LogP contribution is -2.42.